The van der Waals surface area contributed by atoms with Crippen LogP contribution in [0.15, 0.2) is 106 Å². The number of fused-ring (bicyclic) bond motifs is 1. The molecule has 12 heteroatoms. The summed E-state index contributed by atoms with van der Waals surface area (Å²) in [5.74, 6) is 0.899. The van der Waals surface area contributed by atoms with Gasteiger partial charge in [0, 0.05) is 14.8 Å². The molecule has 238 valence electrons. The van der Waals surface area contributed by atoms with Gasteiger partial charge in [0.1, 0.15) is 18.1 Å². The summed E-state index contributed by atoms with van der Waals surface area (Å²) in [6, 6.07) is 25.2. The maximum Gasteiger partial charge on any atom is 0.271 e. The summed E-state index contributed by atoms with van der Waals surface area (Å²) >= 11 is 18.1. The lowest BCUT2D eigenvalue weighted by molar-refractivity contribution is -0.113. The minimum absolute atomic E-state index is 0.254. The van der Waals surface area contributed by atoms with E-state index in [1.807, 2.05) is 78.9 Å². The van der Waals surface area contributed by atoms with E-state index in [1.165, 1.54) is 11.3 Å². The zero-order valence-corrected chi connectivity index (χ0v) is 31.5. The molecule has 5 aromatic rings. The summed E-state index contributed by atoms with van der Waals surface area (Å²) in [4.78, 5) is 33.5. The summed E-state index contributed by atoms with van der Waals surface area (Å²) in [5.41, 5.74) is 3.57. The third-order valence-corrected chi connectivity index (χ3v) is 10.5. The fourth-order valence-electron chi connectivity index (χ4n) is 5.22. The Morgan fingerprint density at radius 3 is 2.55 bits per heavy atom. The molecule has 2 heterocycles. The summed E-state index contributed by atoms with van der Waals surface area (Å²) in [7, 11) is 1.58. The molecule has 0 fully saturated rings. The van der Waals surface area contributed by atoms with Gasteiger partial charge in [0.15, 0.2) is 4.80 Å². The third-order valence-electron chi connectivity index (χ3n) is 7.40. The van der Waals surface area contributed by atoms with Crippen molar-refractivity contribution in [1.29, 1.82) is 0 Å². The molecule has 0 unspecified atom stereocenters. The maximum atomic E-state index is 14.3. The molecule has 0 bridgehead atoms. The fraction of sp³-hybridized carbons (Fsp3) is 0.114. The van der Waals surface area contributed by atoms with Crippen LogP contribution in [-0.4, -0.2) is 17.6 Å². The van der Waals surface area contributed by atoms with Crippen LogP contribution >= 0.6 is 79.7 Å². The molecular weight excluding hydrogens is 883 g/mol. The van der Waals surface area contributed by atoms with Crippen molar-refractivity contribution in [3.05, 3.63) is 150 Å². The summed E-state index contributed by atoms with van der Waals surface area (Å²) in [5, 5.41) is 3.90. The van der Waals surface area contributed by atoms with Crippen LogP contribution in [0.1, 0.15) is 29.7 Å². The molecule has 0 spiro atoms. The van der Waals surface area contributed by atoms with Gasteiger partial charge in [0.2, 0.25) is 0 Å². The van der Waals surface area contributed by atoms with Crippen LogP contribution in [0.2, 0.25) is 10.0 Å². The number of carbonyl (C=O) groups excluding carboxylic acids is 1. The Morgan fingerprint density at radius 2 is 1.81 bits per heavy atom. The van der Waals surface area contributed by atoms with Gasteiger partial charge in [-0.2, -0.15) is 0 Å². The molecule has 6 rings (SSSR count). The van der Waals surface area contributed by atoms with Crippen molar-refractivity contribution in [3.63, 3.8) is 0 Å². The van der Waals surface area contributed by atoms with Crippen molar-refractivity contribution in [3.8, 4) is 11.5 Å². The van der Waals surface area contributed by atoms with Crippen LogP contribution in [0.5, 0.6) is 11.5 Å². The molecule has 1 N–H and O–H groups in total. The molecule has 1 aliphatic rings. The predicted octanol–water partition coefficient (Wildman–Crippen LogP) is 7.98. The highest BCUT2D eigenvalue weighted by molar-refractivity contribution is 14.1. The highest BCUT2D eigenvalue weighted by Gasteiger charge is 2.33. The molecule has 1 aliphatic heterocycles. The molecule has 0 aliphatic carbocycles. The Bertz CT molecular complexity index is 2240. The number of thiazole rings is 1. The van der Waals surface area contributed by atoms with E-state index in [0.29, 0.717) is 47.8 Å². The van der Waals surface area contributed by atoms with Crippen LogP contribution in [0.3, 0.4) is 0 Å². The quantitative estimate of drug-likeness (QED) is 0.160. The molecule has 47 heavy (non-hydrogen) atoms. The highest BCUT2D eigenvalue weighted by Crippen LogP contribution is 2.33. The predicted molar refractivity (Wildman–Crippen MR) is 205 cm³/mol. The van der Waals surface area contributed by atoms with E-state index in [4.69, 9.17) is 37.7 Å². The smallest absolute Gasteiger partial charge is 0.271 e. The van der Waals surface area contributed by atoms with Crippen molar-refractivity contribution in [2.24, 2.45) is 4.99 Å². The second-order valence-electron chi connectivity index (χ2n) is 10.5. The van der Waals surface area contributed by atoms with E-state index < -0.39 is 6.04 Å². The average molecular weight is 908 g/mol. The topological polar surface area (TPSA) is 81.9 Å². The van der Waals surface area contributed by atoms with Crippen LogP contribution < -0.4 is 29.7 Å². The number of carbonyl (C=O) groups is 1. The van der Waals surface area contributed by atoms with E-state index in [2.05, 4.69) is 50.5 Å². The van der Waals surface area contributed by atoms with Gasteiger partial charge in [-0.15, -0.1) is 0 Å². The van der Waals surface area contributed by atoms with Crippen LogP contribution in [0.25, 0.3) is 6.08 Å². The lowest BCUT2D eigenvalue weighted by atomic mass is 9.95. The Kier molecular flexibility index (Phi) is 10.4. The van der Waals surface area contributed by atoms with Gasteiger partial charge in [-0.05, 0) is 118 Å². The largest absolute Gasteiger partial charge is 0.497 e. The molecule has 1 aromatic heterocycles. The molecule has 7 nitrogen and oxygen atoms in total. The van der Waals surface area contributed by atoms with Crippen LogP contribution in [-0.2, 0) is 11.4 Å². The number of hydrogen-bond donors (Lipinski definition) is 1. The zero-order chi connectivity index (χ0) is 33.2. The summed E-state index contributed by atoms with van der Waals surface area (Å²) in [6.45, 7) is 2.05. The average Bonchev–Trinajstić information content (AvgIpc) is 3.35. The first-order chi connectivity index (χ1) is 22.6. The van der Waals surface area contributed by atoms with E-state index in [1.54, 1.807) is 30.7 Å². The number of rotatable bonds is 8. The molecule has 0 radical (unpaired) electrons. The van der Waals surface area contributed by atoms with E-state index in [-0.39, 0.29) is 18.1 Å². The first-order valence-corrected chi connectivity index (χ1v) is 17.9. The number of anilines is 1. The Hall–Kier alpha value is -3.17. The van der Waals surface area contributed by atoms with E-state index in [9.17, 15) is 9.59 Å². The minimum Gasteiger partial charge on any atom is -0.497 e. The lowest BCUT2D eigenvalue weighted by Gasteiger charge is -2.25. The molecule has 0 saturated heterocycles. The van der Waals surface area contributed by atoms with Gasteiger partial charge in [-0.3, -0.25) is 14.2 Å². The zero-order valence-electron chi connectivity index (χ0n) is 24.9. The molecule has 1 amide bonds. The standard InChI is InChI=1S/C35H25Cl2I2N3O4S/c1-19-30(33(43)41-24-8-4-3-5-9-24)31(21-7-6-10-25(15-21)45-2)42-34(44)29(47-35(42)40-19)16-22-14-23(38)17-28(39)32(22)46-18-20-11-12-26(36)27(37)13-20/h3-17,31H,18H2,1-2H3,(H,41,43)/b29-16-/t31-/m0/s1. The first-order valence-electron chi connectivity index (χ1n) is 14.2. The monoisotopic (exact) mass is 907 g/mol. The number of ether oxygens (including phenoxy) is 2. The molecule has 1 atom stereocenters. The van der Waals surface area contributed by atoms with Gasteiger partial charge in [0.05, 0.1) is 42.6 Å². The van der Waals surface area contributed by atoms with Crippen molar-refractivity contribution in [2.75, 3.05) is 12.4 Å². The van der Waals surface area contributed by atoms with Crippen molar-refractivity contribution >= 4 is 97.4 Å². The second-order valence-corrected chi connectivity index (χ2v) is 14.8. The number of benzene rings is 4. The first kappa shape index (κ1) is 33.7. The van der Waals surface area contributed by atoms with Gasteiger partial charge >= 0.3 is 0 Å². The second kappa shape index (κ2) is 14.5. The fourth-order valence-corrected chi connectivity index (χ4v) is 8.63. The van der Waals surface area contributed by atoms with E-state index >= 15 is 0 Å². The van der Waals surface area contributed by atoms with Gasteiger partial charge in [-0.1, -0.05) is 70.9 Å². The molecule has 4 aromatic carbocycles. The highest BCUT2D eigenvalue weighted by atomic mass is 127. The van der Waals surface area contributed by atoms with Crippen molar-refractivity contribution < 1.29 is 14.3 Å². The van der Waals surface area contributed by atoms with Crippen LogP contribution in [0, 0.1) is 7.14 Å². The van der Waals surface area contributed by atoms with Gasteiger partial charge in [0.25, 0.3) is 11.5 Å². The Labute approximate surface area is 311 Å². The number of methoxy groups -OCH3 is 1. The molecular formula is C35H25Cl2I2N3O4S. The lowest BCUT2D eigenvalue weighted by Crippen LogP contribution is -2.40. The number of aromatic nitrogens is 1. The van der Waals surface area contributed by atoms with Gasteiger partial charge in [-0.25, -0.2) is 4.99 Å². The summed E-state index contributed by atoms with van der Waals surface area (Å²) in [6.07, 6.45) is 1.82. The Balaban J connectivity index is 1.46. The third kappa shape index (κ3) is 7.31. The molecule has 0 saturated carbocycles. The van der Waals surface area contributed by atoms with Crippen molar-refractivity contribution in [2.45, 2.75) is 19.6 Å². The number of para-hydroxylation sites is 1. The van der Waals surface area contributed by atoms with Crippen molar-refractivity contribution in [1.82, 2.24) is 4.57 Å². The van der Waals surface area contributed by atoms with Gasteiger partial charge < -0.3 is 14.8 Å². The minimum atomic E-state index is -0.742. The number of nitrogens with one attached hydrogen (secondary N) is 1. The normalized spacial score (nSPS) is 14.4. The maximum absolute atomic E-state index is 14.3. The van der Waals surface area contributed by atoms with Crippen LogP contribution in [0.4, 0.5) is 5.69 Å². The number of allylic oxidation sites excluding steroid dienone is 1. The Morgan fingerprint density at radius 1 is 1.02 bits per heavy atom. The number of nitrogens with zero attached hydrogens (tertiary/aromatic N) is 2. The SMILES string of the molecule is COc1cccc([C@H]2C(C(=O)Nc3ccccc3)=C(C)N=c3s/c(=C\c4cc(I)cc(I)c4OCc4ccc(Cl)c(Cl)c4)c(=O)n32)c1. The number of hydrogen-bond acceptors (Lipinski definition) is 6. The number of amides is 1. The summed E-state index contributed by atoms with van der Waals surface area (Å²) < 4.78 is 15.7. The van der Waals surface area contributed by atoms with E-state index in [0.717, 1.165) is 23.8 Å². The number of halogens is 4.